The summed E-state index contributed by atoms with van der Waals surface area (Å²) >= 11 is 0. The number of anilines is 1. The molecular formula is C21H20N4O7. The van der Waals surface area contributed by atoms with Crippen LogP contribution in [0.25, 0.3) is 6.08 Å². The van der Waals surface area contributed by atoms with Crippen LogP contribution in [0.5, 0.6) is 11.5 Å². The van der Waals surface area contributed by atoms with Crippen molar-refractivity contribution in [2.24, 2.45) is 0 Å². The lowest BCUT2D eigenvalue weighted by molar-refractivity contribution is -0.385. The third-order valence-corrected chi connectivity index (χ3v) is 4.60. The van der Waals surface area contributed by atoms with Crippen LogP contribution >= 0.6 is 0 Å². The van der Waals surface area contributed by atoms with Gasteiger partial charge in [-0.15, -0.1) is 0 Å². The molecule has 0 radical (unpaired) electrons. The van der Waals surface area contributed by atoms with Crippen molar-refractivity contribution >= 4 is 35.3 Å². The average Bonchev–Trinajstić information content (AvgIpc) is 3.00. The first-order valence-corrected chi connectivity index (χ1v) is 9.35. The van der Waals surface area contributed by atoms with Gasteiger partial charge in [0, 0.05) is 5.69 Å². The number of hydrogen-bond acceptors (Lipinski definition) is 7. The van der Waals surface area contributed by atoms with Crippen molar-refractivity contribution in [2.45, 2.75) is 6.92 Å². The fraction of sp³-hybridized carbons (Fsp3) is 0.190. The highest BCUT2D eigenvalue weighted by Crippen LogP contribution is 2.35. The first kappa shape index (κ1) is 22.3. The van der Waals surface area contributed by atoms with Gasteiger partial charge in [-0.1, -0.05) is 12.1 Å². The van der Waals surface area contributed by atoms with E-state index in [1.807, 2.05) is 13.0 Å². The Hall–Kier alpha value is -4.41. The Labute approximate surface area is 182 Å². The number of rotatable bonds is 7. The number of nitrogens with one attached hydrogen (secondary N) is 2. The number of amides is 4. The van der Waals surface area contributed by atoms with Crippen molar-refractivity contribution in [3.8, 4) is 11.5 Å². The highest BCUT2D eigenvalue weighted by atomic mass is 16.6. The Morgan fingerprint density at radius 2 is 1.88 bits per heavy atom. The van der Waals surface area contributed by atoms with Crippen molar-refractivity contribution in [3.05, 3.63) is 63.3 Å². The lowest BCUT2D eigenvalue weighted by atomic mass is 10.1. The van der Waals surface area contributed by atoms with Gasteiger partial charge in [0.05, 0.1) is 30.8 Å². The molecule has 0 unspecified atom stereocenters. The summed E-state index contributed by atoms with van der Waals surface area (Å²) in [5.74, 6) is -1.02. The molecule has 4 amide bonds. The molecule has 0 aliphatic carbocycles. The molecule has 0 bridgehead atoms. The molecule has 0 saturated carbocycles. The standard InChI is InChI=1S/C21H20N4O7/c1-12-5-4-6-14(7-12)22-19(26)11-24-20(27)15(23-21(24)28)8-13-9-17(31-2)18(32-3)10-16(13)25(29)30/h4-10H,11H2,1-3H3,(H,22,26)(H,23,28)/b15-8+. The van der Waals surface area contributed by atoms with Crippen LogP contribution in [-0.2, 0) is 9.59 Å². The second-order valence-corrected chi connectivity index (χ2v) is 6.82. The van der Waals surface area contributed by atoms with E-state index in [1.54, 1.807) is 18.2 Å². The van der Waals surface area contributed by atoms with Crippen molar-refractivity contribution in [1.29, 1.82) is 0 Å². The lowest BCUT2D eigenvalue weighted by Gasteiger charge is -2.12. The number of imide groups is 1. The summed E-state index contributed by atoms with van der Waals surface area (Å²) in [4.78, 5) is 48.8. The maximum atomic E-state index is 12.7. The quantitative estimate of drug-likeness (QED) is 0.292. The molecule has 166 valence electrons. The summed E-state index contributed by atoms with van der Waals surface area (Å²) in [5.41, 5.74) is 0.905. The van der Waals surface area contributed by atoms with Gasteiger partial charge < -0.3 is 20.1 Å². The Bertz CT molecular complexity index is 1140. The fourth-order valence-electron chi connectivity index (χ4n) is 3.10. The van der Waals surface area contributed by atoms with Crippen molar-refractivity contribution < 1.29 is 28.8 Å². The molecular weight excluding hydrogens is 420 g/mol. The van der Waals surface area contributed by atoms with Crippen molar-refractivity contribution in [2.75, 3.05) is 26.1 Å². The topological polar surface area (TPSA) is 140 Å². The van der Waals surface area contributed by atoms with Gasteiger partial charge in [-0.25, -0.2) is 9.69 Å². The van der Waals surface area contributed by atoms with E-state index in [9.17, 15) is 24.5 Å². The molecule has 3 rings (SSSR count). The third-order valence-electron chi connectivity index (χ3n) is 4.60. The molecule has 2 aromatic rings. The molecule has 32 heavy (non-hydrogen) atoms. The van der Waals surface area contributed by atoms with Crippen LogP contribution in [0, 0.1) is 17.0 Å². The van der Waals surface area contributed by atoms with Crippen LogP contribution in [0.15, 0.2) is 42.1 Å². The fourth-order valence-corrected chi connectivity index (χ4v) is 3.10. The van der Waals surface area contributed by atoms with Crippen molar-refractivity contribution in [1.82, 2.24) is 10.2 Å². The number of nitrogens with zero attached hydrogens (tertiary/aromatic N) is 2. The van der Waals surface area contributed by atoms with E-state index >= 15 is 0 Å². The van der Waals surface area contributed by atoms with Crippen LogP contribution in [0.4, 0.5) is 16.2 Å². The number of urea groups is 1. The van der Waals surface area contributed by atoms with E-state index in [0.29, 0.717) is 10.6 Å². The highest BCUT2D eigenvalue weighted by molar-refractivity contribution is 6.16. The van der Waals surface area contributed by atoms with Crippen LogP contribution < -0.4 is 20.1 Å². The van der Waals surface area contributed by atoms with Gasteiger partial charge >= 0.3 is 6.03 Å². The number of hydrogen-bond donors (Lipinski definition) is 2. The number of nitro benzene ring substituents is 1. The number of benzene rings is 2. The van der Waals surface area contributed by atoms with E-state index < -0.39 is 29.3 Å². The number of carbonyl (C=O) groups is 3. The monoisotopic (exact) mass is 440 g/mol. The van der Waals surface area contributed by atoms with Crippen LogP contribution in [0.1, 0.15) is 11.1 Å². The normalized spacial score (nSPS) is 14.3. The van der Waals surface area contributed by atoms with E-state index in [4.69, 9.17) is 9.47 Å². The Kier molecular flexibility index (Phi) is 6.38. The van der Waals surface area contributed by atoms with E-state index in [0.717, 1.165) is 17.7 Å². The largest absolute Gasteiger partial charge is 0.493 e. The van der Waals surface area contributed by atoms with Gasteiger partial charge in [0.15, 0.2) is 11.5 Å². The molecule has 0 atom stereocenters. The zero-order valence-electron chi connectivity index (χ0n) is 17.5. The number of methoxy groups -OCH3 is 2. The first-order valence-electron chi connectivity index (χ1n) is 9.35. The maximum absolute atomic E-state index is 12.7. The minimum Gasteiger partial charge on any atom is -0.493 e. The number of ether oxygens (including phenoxy) is 2. The van der Waals surface area contributed by atoms with Crippen LogP contribution in [0.2, 0.25) is 0 Å². The molecule has 1 saturated heterocycles. The van der Waals surface area contributed by atoms with Gasteiger partial charge in [-0.3, -0.25) is 19.7 Å². The molecule has 11 nitrogen and oxygen atoms in total. The van der Waals surface area contributed by atoms with Gasteiger partial charge in [0.25, 0.3) is 11.6 Å². The van der Waals surface area contributed by atoms with Crippen LogP contribution in [-0.4, -0.2) is 48.4 Å². The van der Waals surface area contributed by atoms with E-state index in [2.05, 4.69) is 10.6 Å². The summed E-state index contributed by atoms with van der Waals surface area (Å²) in [6, 6.07) is 8.69. The van der Waals surface area contributed by atoms with E-state index in [-0.39, 0.29) is 28.4 Å². The number of aryl methyl sites for hydroxylation is 1. The molecule has 2 N–H and O–H groups in total. The SMILES string of the molecule is COc1cc(/C=C2/NC(=O)N(CC(=O)Nc3cccc(C)c3)C2=O)c([N+](=O)[O-])cc1OC. The molecule has 1 aliphatic rings. The van der Waals surface area contributed by atoms with Gasteiger partial charge in [-0.2, -0.15) is 0 Å². The van der Waals surface area contributed by atoms with Gasteiger partial charge in [0.2, 0.25) is 5.91 Å². The minimum atomic E-state index is -0.816. The Morgan fingerprint density at radius 1 is 1.19 bits per heavy atom. The zero-order valence-corrected chi connectivity index (χ0v) is 17.5. The Balaban J connectivity index is 1.84. The summed E-state index contributed by atoms with van der Waals surface area (Å²) < 4.78 is 10.2. The summed E-state index contributed by atoms with van der Waals surface area (Å²) in [6.07, 6.45) is 1.15. The summed E-state index contributed by atoms with van der Waals surface area (Å²) in [5, 5.41) is 16.4. The van der Waals surface area contributed by atoms with Crippen molar-refractivity contribution in [3.63, 3.8) is 0 Å². The maximum Gasteiger partial charge on any atom is 0.329 e. The molecule has 0 aromatic heterocycles. The molecule has 11 heteroatoms. The first-order chi connectivity index (χ1) is 15.2. The summed E-state index contributed by atoms with van der Waals surface area (Å²) in [7, 11) is 2.69. The zero-order chi connectivity index (χ0) is 23.4. The molecule has 2 aromatic carbocycles. The number of nitro groups is 1. The number of carbonyl (C=O) groups excluding carboxylic acids is 3. The second kappa shape index (κ2) is 9.16. The molecule has 0 spiro atoms. The molecule has 1 fully saturated rings. The molecule has 1 aliphatic heterocycles. The predicted octanol–water partition coefficient (Wildman–Crippen LogP) is 2.45. The van der Waals surface area contributed by atoms with Crippen LogP contribution in [0.3, 0.4) is 0 Å². The third kappa shape index (κ3) is 4.67. The molecule has 1 heterocycles. The lowest BCUT2D eigenvalue weighted by Crippen LogP contribution is -2.38. The minimum absolute atomic E-state index is 0.0161. The van der Waals surface area contributed by atoms with E-state index in [1.165, 1.54) is 20.3 Å². The Morgan fingerprint density at radius 3 is 2.50 bits per heavy atom. The second-order valence-electron chi connectivity index (χ2n) is 6.82. The van der Waals surface area contributed by atoms with Gasteiger partial charge in [-0.05, 0) is 36.8 Å². The average molecular weight is 440 g/mol. The predicted molar refractivity (Wildman–Crippen MR) is 114 cm³/mol. The summed E-state index contributed by atoms with van der Waals surface area (Å²) in [6.45, 7) is 1.33. The van der Waals surface area contributed by atoms with Gasteiger partial charge in [0.1, 0.15) is 12.2 Å². The highest BCUT2D eigenvalue weighted by Gasteiger charge is 2.35. The smallest absolute Gasteiger partial charge is 0.329 e.